The van der Waals surface area contributed by atoms with Gasteiger partial charge in [-0.05, 0) is 74.0 Å². The third-order valence-corrected chi connectivity index (χ3v) is 7.04. The maximum atomic E-state index is 13.0. The van der Waals surface area contributed by atoms with E-state index in [-0.39, 0.29) is 11.6 Å². The highest BCUT2D eigenvalue weighted by atomic mass is 19.1. The molecule has 3 aliphatic heterocycles. The van der Waals surface area contributed by atoms with E-state index in [0.29, 0.717) is 23.9 Å². The molecule has 5 rings (SSSR count). The summed E-state index contributed by atoms with van der Waals surface area (Å²) in [6, 6.07) is 13.5. The van der Waals surface area contributed by atoms with Crippen LogP contribution >= 0.6 is 0 Å². The highest BCUT2D eigenvalue weighted by molar-refractivity contribution is 5.95. The number of hydrogen-bond donors (Lipinski definition) is 0. The number of para-hydroxylation sites is 1. The maximum absolute atomic E-state index is 13.0. The van der Waals surface area contributed by atoms with Gasteiger partial charge in [0.15, 0.2) is 5.78 Å². The lowest BCUT2D eigenvalue weighted by Crippen LogP contribution is -2.46. The van der Waals surface area contributed by atoms with Crippen LogP contribution in [0.1, 0.15) is 59.5 Å². The van der Waals surface area contributed by atoms with Crippen molar-refractivity contribution in [3.63, 3.8) is 0 Å². The Morgan fingerprint density at radius 1 is 1.07 bits per heavy atom. The highest BCUT2D eigenvalue weighted by Crippen LogP contribution is 2.47. The van der Waals surface area contributed by atoms with Crippen molar-refractivity contribution in [2.45, 2.75) is 50.5 Å². The number of anilines is 1. The Balaban J connectivity index is 1.22. The molecule has 2 aromatic carbocycles. The van der Waals surface area contributed by atoms with Crippen LogP contribution < -0.4 is 4.90 Å². The van der Waals surface area contributed by atoms with Crippen molar-refractivity contribution < 1.29 is 9.18 Å². The molecular formula is C25H29FN2O. The molecule has 0 amide bonds. The molecule has 2 aromatic rings. The average molecular weight is 393 g/mol. The van der Waals surface area contributed by atoms with Crippen LogP contribution in [-0.2, 0) is 6.42 Å². The SMILES string of the molecule is O=C(CCCN1CC[C@H]2[C@@H](C1)c1cccc3c1N2CCCC3)c1ccc(F)cc1. The van der Waals surface area contributed by atoms with Crippen LogP contribution in [0.4, 0.5) is 10.1 Å². The number of likely N-dealkylation sites (tertiary alicyclic amines) is 1. The maximum Gasteiger partial charge on any atom is 0.162 e. The van der Waals surface area contributed by atoms with Crippen molar-refractivity contribution in [2.24, 2.45) is 0 Å². The molecule has 0 unspecified atom stereocenters. The smallest absolute Gasteiger partial charge is 0.162 e. The molecule has 3 heterocycles. The van der Waals surface area contributed by atoms with Gasteiger partial charge in [0.05, 0.1) is 0 Å². The molecule has 0 N–H and O–H groups in total. The van der Waals surface area contributed by atoms with Gasteiger partial charge >= 0.3 is 0 Å². The average Bonchev–Trinajstić information content (AvgIpc) is 2.89. The molecule has 29 heavy (non-hydrogen) atoms. The molecule has 3 nitrogen and oxygen atoms in total. The van der Waals surface area contributed by atoms with E-state index in [4.69, 9.17) is 0 Å². The summed E-state index contributed by atoms with van der Waals surface area (Å²) in [4.78, 5) is 17.6. The molecule has 0 saturated carbocycles. The zero-order valence-electron chi connectivity index (χ0n) is 16.9. The first-order chi connectivity index (χ1) is 14.2. The number of ketones is 1. The molecule has 0 aliphatic carbocycles. The summed E-state index contributed by atoms with van der Waals surface area (Å²) in [7, 11) is 0. The van der Waals surface area contributed by atoms with E-state index in [1.807, 2.05) is 0 Å². The second kappa shape index (κ2) is 7.91. The molecule has 3 aliphatic rings. The molecular weight excluding hydrogens is 363 g/mol. The predicted octanol–water partition coefficient (Wildman–Crippen LogP) is 4.80. The summed E-state index contributed by atoms with van der Waals surface area (Å²) in [5.74, 6) is 0.423. The van der Waals surface area contributed by atoms with E-state index in [1.165, 1.54) is 44.4 Å². The van der Waals surface area contributed by atoms with Gasteiger partial charge in [0.25, 0.3) is 0 Å². The second-order valence-corrected chi connectivity index (χ2v) is 8.80. The number of rotatable bonds is 5. The number of carbonyl (C=O) groups excluding carboxylic acids is 1. The minimum Gasteiger partial charge on any atom is -0.367 e. The van der Waals surface area contributed by atoms with Gasteiger partial charge in [0, 0.05) is 49.3 Å². The largest absolute Gasteiger partial charge is 0.367 e. The van der Waals surface area contributed by atoms with Crippen LogP contribution in [0.3, 0.4) is 0 Å². The Kier molecular flexibility index (Phi) is 5.13. The Morgan fingerprint density at radius 3 is 2.79 bits per heavy atom. The fourth-order valence-electron chi connectivity index (χ4n) is 5.64. The van der Waals surface area contributed by atoms with Gasteiger partial charge in [-0.25, -0.2) is 4.39 Å². The quantitative estimate of drug-likeness (QED) is 0.683. The second-order valence-electron chi connectivity index (χ2n) is 8.80. The van der Waals surface area contributed by atoms with Gasteiger partial charge < -0.3 is 9.80 Å². The Morgan fingerprint density at radius 2 is 1.93 bits per heavy atom. The van der Waals surface area contributed by atoms with E-state index in [1.54, 1.807) is 28.9 Å². The Bertz CT molecular complexity index is 894. The number of aryl methyl sites for hydroxylation is 1. The summed E-state index contributed by atoms with van der Waals surface area (Å²) in [6.45, 7) is 4.39. The van der Waals surface area contributed by atoms with Crippen LogP contribution in [0.25, 0.3) is 0 Å². The van der Waals surface area contributed by atoms with E-state index in [2.05, 4.69) is 28.0 Å². The fraction of sp³-hybridized carbons (Fsp3) is 0.480. The molecule has 0 radical (unpaired) electrons. The van der Waals surface area contributed by atoms with Gasteiger partial charge in [-0.3, -0.25) is 4.79 Å². The lowest BCUT2D eigenvalue weighted by atomic mass is 9.88. The summed E-state index contributed by atoms with van der Waals surface area (Å²) in [6.07, 6.45) is 6.43. The summed E-state index contributed by atoms with van der Waals surface area (Å²) in [5.41, 5.74) is 5.27. The first kappa shape index (κ1) is 18.8. The third kappa shape index (κ3) is 3.59. The van der Waals surface area contributed by atoms with Gasteiger partial charge in [-0.2, -0.15) is 0 Å². The van der Waals surface area contributed by atoms with Gasteiger partial charge in [0.2, 0.25) is 0 Å². The number of halogens is 1. The summed E-state index contributed by atoms with van der Waals surface area (Å²) in [5, 5.41) is 0. The van der Waals surface area contributed by atoms with E-state index < -0.39 is 0 Å². The lowest BCUT2D eigenvalue weighted by molar-refractivity contribution is 0.0971. The number of hydrogen-bond acceptors (Lipinski definition) is 3. The molecule has 0 aromatic heterocycles. The molecule has 1 saturated heterocycles. The van der Waals surface area contributed by atoms with E-state index >= 15 is 0 Å². The first-order valence-corrected chi connectivity index (χ1v) is 11.1. The molecule has 2 atom stereocenters. The van der Waals surface area contributed by atoms with E-state index in [0.717, 1.165) is 26.1 Å². The summed E-state index contributed by atoms with van der Waals surface area (Å²) >= 11 is 0. The summed E-state index contributed by atoms with van der Waals surface area (Å²) < 4.78 is 13.0. The predicted molar refractivity (Wildman–Crippen MR) is 114 cm³/mol. The van der Waals surface area contributed by atoms with Crippen molar-refractivity contribution in [1.82, 2.24) is 4.90 Å². The van der Waals surface area contributed by atoms with Crippen LogP contribution in [-0.4, -0.2) is 42.9 Å². The van der Waals surface area contributed by atoms with Crippen molar-refractivity contribution in [2.75, 3.05) is 31.1 Å². The van der Waals surface area contributed by atoms with Crippen LogP contribution in [0.2, 0.25) is 0 Å². The fourth-order valence-corrected chi connectivity index (χ4v) is 5.64. The topological polar surface area (TPSA) is 23.6 Å². The minimum absolute atomic E-state index is 0.115. The van der Waals surface area contributed by atoms with Gasteiger partial charge in [-0.1, -0.05) is 18.2 Å². The number of piperidine rings is 1. The third-order valence-electron chi connectivity index (χ3n) is 7.04. The molecule has 0 spiro atoms. The normalized spacial score (nSPS) is 23.4. The highest BCUT2D eigenvalue weighted by Gasteiger charge is 2.42. The van der Waals surface area contributed by atoms with Gasteiger partial charge in [0.1, 0.15) is 5.82 Å². The van der Waals surface area contributed by atoms with Crippen molar-refractivity contribution in [3.05, 3.63) is 65.0 Å². The lowest BCUT2D eigenvalue weighted by Gasteiger charge is -2.39. The Labute approximate surface area is 172 Å². The zero-order chi connectivity index (χ0) is 19.8. The number of Topliss-reactive ketones (excluding diaryl/α,β-unsaturated/α-hetero) is 1. The monoisotopic (exact) mass is 392 g/mol. The van der Waals surface area contributed by atoms with Crippen molar-refractivity contribution in [1.29, 1.82) is 0 Å². The molecule has 0 bridgehead atoms. The number of benzene rings is 2. The van der Waals surface area contributed by atoms with Crippen molar-refractivity contribution in [3.8, 4) is 0 Å². The van der Waals surface area contributed by atoms with Crippen molar-refractivity contribution >= 4 is 11.5 Å². The Hall–Kier alpha value is -2.20. The number of nitrogens with zero attached hydrogens (tertiary/aromatic N) is 2. The molecule has 152 valence electrons. The van der Waals surface area contributed by atoms with Crippen LogP contribution in [0, 0.1) is 5.82 Å². The molecule has 4 heteroatoms. The van der Waals surface area contributed by atoms with E-state index in [9.17, 15) is 9.18 Å². The zero-order valence-corrected chi connectivity index (χ0v) is 16.9. The van der Waals surface area contributed by atoms with Crippen LogP contribution in [0.5, 0.6) is 0 Å². The number of carbonyl (C=O) groups is 1. The standard InChI is InChI=1S/C25H29FN2O/c26-20-11-9-18(10-12-20)24(29)8-4-14-27-16-13-23-22(17-27)21-7-3-6-19-5-1-2-15-28(23)25(19)21/h3,6-7,9-12,22-23H,1-2,4-5,8,13-17H2/t22-,23-/m0/s1. The van der Waals surface area contributed by atoms with Crippen LogP contribution in [0.15, 0.2) is 42.5 Å². The molecule has 1 fully saturated rings. The minimum atomic E-state index is -0.293. The number of fused-ring (bicyclic) bond motifs is 3. The first-order valence-electron chi connectivity index (χ1n) is 11.1. The van der Waals surface area contributed by atoms with Gasteiger partial charge in [-0.15, -0.1) is 0 Å².